The Balaban J connectivity index is 1.74. The number of carbonyl (C=O) groups is 1. The largest absolute Gasteiger partial charge is 0.386 e. The lowest BCUT2D eigenvalue weighted by Crippen LogP contribution is -2.37. The number of rotatable bonds is 3. The maximum atomic E-state index is 12.9. The lowest BCUT2D eigenvalue weighted by Gasteiger charge is -2.27. The van der Waals surface area contributed by atoms with Crippen molar-refractivity contribution in [2.45, 2.75) is 19.5 Å². The topological polar surface area (TPSA) is 86.8 Å². The van der Waals surface area contributed by atoms with Crippen LogP contribution in [0.2, 0.25) is 10.0 Å². The summed E-state index contributed by atoms with van der Waals surface area (Å²) in [4.78, 5) is 22.9. The number of benzene rings is 1. The number of halogens is 2. The molecule has 0 aliphatic carbocycles. The van der Waals surface area contributed by atoms with E-state index in [2.05, 4.69) is 21.4 Å². The van der Waals surface area contributed by atoms with Crippen molar-refractivity contribution in [3.05, 3.63) is 51.7 Å². The second-order valence-corrected chi connectivity index (χ2v) is 7.23. The molecule has 7 nitrogen and oxygen atoms in total. The van der Waals surface area contributed by atoms with Gasteiger partial charge < -0.3 is 14.8 Å². The second kappa shape index (κ2) is 7.30. The third-order valence-corrected chi connectivity index (χ3v) is 5.75. The minimum absolute atomic E-state index is 0.157. The van der Waals surface area contributed by atoms with E-state index < -0.39 is 0 Å². The van der Waals surface area contributed by atoms with E-state index in [9.17, 15) is 10.1 Å². The zero-order valence-electron chi connectivity index (χ0n) is 15.0. The van der Waals surface area contributed by atoms with Gasteiger partial charge in [-0.05, 0) is 6.07 Å². The summed E-state index contributed by atoms with van der Waals surface area (Å²) in [7, 11) is 1.76. The highest BCUT2D eigenvalue weighted by molar-refractivity contribution is 6.45. The molecular weight excluding hydrogens is 399 g/mol. The van der Waals surface area contributed by atoms with Crippen LogP contribution in [0.3, 0.4) is 0 Å². The Kier molecular flexibility index (Phi) is 4.84. The van der Waals surface area contributed by atoms with Crippen molar-refractivity contribution >= 4 is 45.7 Å². The molecule has 0 spiro atoms. The van der Waals surface area contributed by atoms with E-state index in [1.807, 2.05) is 10.6 Å². The highest BCUT2D eigenvalue weighted by Crippen LogP contribution is 2.38. The van der Waals surface area contributed by atoms with Crippen LogP contribution >= 0.6 is 23.2 Å². The molecule has 1 aliphatic heterocycles. The van der Waals surface area contributed by atoms with Gasteiger partial charge in [-0.15, -0.1) is 0 Å². The van der Waals surface area contributed by atoms with Gasteiger partial charge in [-0.25, -0.2) is 9.97 Å². The van der Waals surface area contributed by atoms with E-state index >= 15 is 0 Å². The van der Waals surface area contributed by atoms with Crippen LogP contribution in [0.4, 0.5) is 5.69 Å². The highest BCUT2D eigenvalue weighted by atomic mass is 35.5. The minimum atomic E-state index is -0.227. The Labute approximate surface area is 171 Å². The number of nitriles is 1. The molecule has 1 N–H and O–H groups in total. The molecule has 3 heterocycles. The zero-order chi connectivity index (χ0) is 19.8. The number of hydrogen-bond acceptors (Lipinski definition) is 5. The van der Waals surface area contributed by atoms with E-state index in [0.717, 1.165) is 27.8 Å². The molecule has 0 fully saturated rings. The number of anilines is 1. The number of nitrogens with one attached hydrogen (secondary N) is 1. The van der Waals surface area contributed by atoms with Crippen molar-refractivity contribution in [2.75, 3.05) is 18.9 Å². The van der Waals surface area contributed by atoms with Gasteiger partial charge in [0.1, 0.15) is 6.54 Å². The summed E-state index contributed by atoms with van der Waals surface area (Å²) < 4.78 is 1.90. The molecular formula is C19H16Cl2N6O. The van der Waals surface area contributed by atoms with Crippen molar-refractivity contribution in [1.29, 1.82) is 5.26 Å². The Morgan fingerprint density at radius 3 is 2.75 bits per heavy atom. The molecule has 3 aromatic rings. The van der Waals surface area contributed by atoms with Gasteiger partial charge in [-0.3, -0.25) is 4.79 Å². The van der Waals surface area contributed by atoms with E-state index in [1.54, 1.807) is 30.4 Å². The van der Waals surface area contributed by atoms with Crippen LogP contribution in [0.25, 0.3) is 10.9 Å². The fourth-order valence-electron chi connectivity index (χ4n) is 3.60. The molecule has 28 heavy (non-hydrogen) atoms. The van der Waals surface area contributed by atoms with Crippen LogP contribution in [0.1, 0.15) is 21.9 Å². The average Bonchev–Trinajstić information content (AvgIpc) is 3.04. The molecule has 0 atom stereocenters. The summed E-state index contributed by atoms with van der Waals surface area (Å²) in [5.74, 6) is -0.0705. The molecule has 1 aliphatic rings. The summed E-state index contributed by atoms with van der Waals surface area (Å²) in [5.41, 5.74) is 3.47. The number of fused-ring (bicyclic) bond motifs is 3. The molecule has 142 valence electrons. The molecule has 0 unspecified atom stereocenters. The fourth-order valence-corrected chi connectivity index (χ4v) is 4.02. The quantitative estimate of drug-likeness (QED) is 0.708. The zero-order valence-corrected chi connectivity index (χ0v) is 16.5. The summed E-state index contributed by atoms with van der Waals surface area (Å²) in [6.45, 7) is 1.09. The Hall–Kier alpha value is -2.82. The first-order chi connectivity index (χ1) is 13.5. The van der Waals surface area contributed by atoms with Gasteiger partial charge in [0.05, 0.1) is 39.7 Å². The van der Waals surface area contributed by atoms with Gasteiger partial charge in [-0.1, -0.05) is 29.3 Å². The normalized spacial score (nSPS) is 13.3. The number of nitrogens with zero attached hydrogens (tertiary/aromatic N) is 5. The molecule has 1 amide bonds. The smallest absolute Gasteiger partial charge is 0.291 e. The second-order valence-electron chi connectivity index (χ2n) is 6.45. The first-order valence-electron chi connectivity index (χ1n) is 8.69. The summed E-state index contributed by atoms with van der Waals surface area (Å²) in [5, 5.41) is 14.0. The molecule has 2 aromatic heterocycles. The SMILES string of the molecule is CNc1cnc(C(=O)N2CCc3c(c4ccc(Cl)c(Cl)c4n3CC#N)C2)nc1. The van der Waals surface area contributed by atoms with Crippen molar-refractivity contribution in [3.63, 3.8) is 0 Å². The average molecular weight is 415 g/mol. The molecule has 1 aromatic carbocycles. The first kappa shape index (κ1) is 18.5. The van der Waals surface area contributed by atoms with E-state index in [0.29, 0.717) is 29.6 Å². The third kappa shape index (κ3) is 2.95. The van der Waals surface area contributed by atoms with Crippen molar-refractivity contribution in [1.82, 2.24) is 19.4 Å². The van der Waals surface area contributed by atoms with Gasteiger partial charge in [0.2, 0.25) is 5.82 Å². The standard InChI is InChI=1S/C19H16Cl2N6O/c1-23-11-8-24-18(25-9-11)19(28)26-6-4-15-13(10-26)12-2-3-14(20)16(21)17(12)27(15)7-5-22/h2-3,8-9,23H,4,6-7,10H2,1H3. The van der Waals surface area contributed by atoms with Gasteiger partial charge in [-0.2, -0.15) is 5.26 Å². The lowest BCUT2D eigenvalue weighted by atomic mass is 10.0. The predicted molar refractivity (Wildman–Crippen MR) is 108 cm³/mol. The number of amides is 1. The van der Waals surface area contributed by atoms with Gasteiger partial charge >= 0.3 is 0 Å². The van der Waals surface area contributed by atoms with Crippen LogP contribution in [-0.2, 0) is 19.5 Å². The van der Waals surface area contributed by atoms with Gasteiger partial charge in [0.15, 0.2) is 0 Å². The van der Waals surface area contributed by atoms with Gasteiger partial charge in [0, 0.05) is 43.2 Å². The van der Waals surface area contributed by atoms with E-state index in [4.69, 9.17) is 23.2 Å². The Morgan fingerprint density at radius 2 is 2.07 bits per heavy atom. The third-order valence-electron chi connectivity index (χ3n) is 4.95. The van der Waals surface area contributed by atoms with Crippen LogP contribution in [-0.4, -0.2) is 38.9 Å². The maximum absolute atomic E-state index is 12.9. The van der Waals surface area contributed by atoms with Crippen molar-refractivity contribution in [3.8, 4) is 6.07 Å². The fraction of sp³-hybridized carbons (Fsp3) is 0.263. The summed E-state index contributed by atoms with van der Waals surface area (Å²) in [6.07, 6.45) is 3.77. The monoisotopic (exact) mass is 414 g/mol. The van der Waals surface area contributed by atoms with Crippen LogP contribution in [0.15, 0.2) is 24.5 Å². The van der Waals surface area contributed by atoms with E-state index in [1.165, 1.54) is 0 Å². The predicted octanol–water partition coefficient (Wildman–Crippen LogP) is 3.50. The molecule has 0 saturated carbocycles. The summed E-state index contributed by atoms with van der Waals surface area (Å²) >= 11 is 12.6. The molecule has 4 rings (SSSR count). The van der Waals surface area contributed by atoms with Crippen LogP contribution in [0.5, 0.6) is 0 Å². The van der Waals surface area contributed by atoms with Crippen LogP contribution in [0, 0.1) is 11.3 Å². The lowest BCUT2D eigenvalue weighted by molar-refractivity contribution is 0.0721. The number of carbonyl (C=O) groups excluding carboxylic acids is 1. The Bertz CT molecular complexity index is 1120. The highest BCUT2D eigenvalue weighted by Gasteiger charge is 2.29. The number of hydrogen-bond donors (Lipinski definition) is 1. The summed E-state index contributed by atoms with van der Waals surface area (Å²) in [6, 6.07) is 5.82. The molecule has 0 radical (unpaired) electrons. The molecule has 0 bridgehead atoms. The van der Waals surface area contributed by atoms with Crippen LogP contribution < -0.4 is 5.32 Å². The van der Waals surface area contributed by atoms with E-state index in [-0.39, 0.29) is 18.3 Å². The Morgan fingerprint density at radius 1 is 1.32 bits per heavy atom. The molecule has 0 saturated heterocycles. The van der Waals surface area contributed by atoms with Gasteiger partial charge in [0.25, 0.3) is 5.91 Å². The maximum Gasteiger partial charge on any atom is 0.291 e. The molecule has 9 heteroatoms. The first-order valence-corrected chi connectivity index (χ1v) is 9.44. The number of aromatic nitrogens is 3. The van der Waals surface area contributed by atoms with Crippen molar-refractivity contribution in [2.24, 2.45) is 0 Å². The van der Waals surface area contributed by atoms with Crippen molar-refractivity contribution < 1.29 is 4.79 Å². The minimum Gasteiger partial charge on any atom is -0.386 e.